The minimum absolute atomic E-state index is 0.0381. The SMILES string of the molecule is C=C(C)C(=O)OC12CC3CC(CC(COC(C)OC4C5CC6CC4CC(OC(=O)C(F)(F)S(=O)(=O)O)(C6)C5)(C3)C1)C2. The molecule has 0 aromatic carbocycles. The van der Waals surface area contributed by atoms with Gasteiger partial charge in [-0.1, -0.05) is 6.58 Å². The van der Waals surface area contributed by atoms with Gasteiger partial charge in [-0.25, -0.2) is 9.59 Å². The van der Waals surface area contributed by atoms with Crippen molar-refractivity contribution in [3.63, 3.8) is 0 Å². The molecule has 5 atom stereocenters. The average molecular weight is 603 g/mol. The lowest BCUT2D eigenvalue weighted by atomic mass is 9.48. The predicted molar refractivity (Wildman–Crippen MR) is 140 cm³/mol. The zero-order valence-corrected chi connectivity index (χ0v) is 24.4. The van der Waals surface area contributed by atoms with Gasteiger partial charge in [0.2, 0.25) is 0 Å². The van der Waals surface area contributed by atoms with E-state index < -0.39 is 38.8 Å². The summed E-state index contributed by atoms with van der Waals surface area (Å²) in [7, 11) is -5.93. The lowest BCUT2D eigenvalue weighted by molar-refractivity contribution is -0.266. The van der Waals surface area contributed by atoms with Crippen molar-refractivity contribution in [2.75, 3.05) is 6.61 Å². The molecule has 0 saturated heterocycles. The molecule has 9 nitrogen and oxygen atoms in total. The zero-order valence-electron chi connectivity index (χ0n) is 23.6. The summed E-state index contributed by atoms with van der Waals surface area (Å²) in [6.45, 7) is 7.79. The topological polar surface area (TPSA) is 125 Å². The molecule has 1 N–H and O–H groups in total. The molecule has 0 amide bonds. The van der Waals surface area contributed by atoms with Gasteiger partial charge in [0.05, 0.1) is 12.7 Å². The second kappa shape index (κ2) is 9.69. The average Bonchev–Trinajstić information content (AvgIpc) is 2.82. The molecule has 8 saturated carbocycles. The third-order valence-electron chi connectivity index (χ3n) is 10.8. The number of carbonyl (C=O) groups excluding carboxylic acids is 2. The highest BCUT2D eigenvalue weighted by molar-refractivity contribution is 7.87. The van der Waals surface area contributed by atoms with E-state index in [2.05, 4.69) is 6.58 Å². The van der Waals surface area contributed by atoms with Crippen LogP contribution < -0.4 is 0 Å². The smallest absolute Gasteiger partial charge is 0.456 e. The first-order valence-electron chi connectivity index (χ1n) is 14.8. The van der Waals surface area contributed by atoms with Crippen LogP contribution in [-0.2, 0) is 38.7 Å². The second-order valence-electron chi connectivity index (χ2n) is 14.3. The molecule has 8 aliphatic rings. The zero-order chi connectivity index (χ0) is 29.6. The molecule has 230 valence electrons. The first-order valence-corrected chi connectivity index (χ1v) is 16.2. The first-order chi connectivity index (χ1) is 19.0. The van der Waals surface area contributed by atoms with E-state index in [1.807, 2.05) is 6.92 Å². The summed E-state index contributed by atoms with van der Waals surface area (Å²) < 4.78 is 82.8. The molecular formula is C29H40F2O9S. The van der Waals surface area contributed by atoms with E-state index >= 15 is 0 Å². The normalized spacial score (nSPS) is 43.1. The molecule has 0 aromatic rings. The van der Waals surface area contributed by atoms with Gasteiger partial charge in [-0.2, -0.15) is 17.2 Å². The van der Waals surface area contributed by atoms with Crippen molar-refractivity contribution in [2.45, 2.75) is 113 Å². The van der Waals surface area contributed by atoms with E-state index in [1.54, 1.807) is 6.92 Å². The second-order valence-corrected chi connectivity index (χ2v) is 15.8. The number of alkyl halides is 2. The van der Waals surface area contributed by atoms with Crippen LogP contribution in [0.5, 0.6) is 0 Å². The Morgan fingerprint density at radius 3 is 2.10 bits per heavy atom. The number of carbonyl (C=O) groups is 2. The molecule has 0 aliphatic heterocycles. The Balaban J connectivity index is 1.07. The van der Waals surface area contributed by atoms with Crippen LogP contribution in [0.15, 0.2) is 12.2 Å². The molecule has 5 unspecified atom stereocenters. The summed E-state index contributed by atoms with van der Waals surface area (Å²) in [6, 6.07) is 0. The van der Waals surface area contributed by atoms with Crippen molar-refractivity contribution in [2.24, 2.45) is 35.0 Å². The van der Waals surface area contributed by atoms with Crippen molar-refractivity contribution in [3.05, 3.63) is 12.2 Å². The lowest BCUT2D eigenvalue weighted by Crippen LogP contribution is -2.61. The Morgan fingerprint density at radius 1 is 0.951 bits per heavy atom. The highest BCUT2D eigenvalue weighted by Crippen LogP contribution is 2.63. The van der Waals surface area contributed by atoms with Gasteiger partial charge in [-0.3, -0.25) is 4.55 Å². The van der Waals surface area contributed by atoms with Crippen LogP contribution in [0.25, 0.3) is 0 Å². The largest absolute Gasteiger partial charge is 0.465 e. The minimum atomic E-state index is -5.93. The third kappa shape index (κ3) is 5.25. The Morgan fingerprint density at radius 2 is 1.54 bits per heavy atom. The maximum atomic E-state index is 14.0. The number of esters is 2. The summed E-state index contributed by atoms with van der Waals surface area (Å²) in [5.41, 5.74) is -1.29. The molecular weight excluding hydrogens is 562 g/mol. The quantitative estimate of drug-likeness (QED) is 0.163. The van der Waals surface area contributed by atoms with Crippen LogP contribution in [0, 0.1) is 35.0 Å². The van der Waals surface area contributed by atoms with E-state index in [0.29, 0.717) is 43.3 Å². The molecule has 0 aromatic heterocycles. The third-order valence-corrected chi connectivity index (χ3v) is 11.6. The van der Waals surface area contributed by atoms with Gasteiger partial charge in [0.1, 0.15) is 11.2 Å². The lowest BCUT2D eigenvalue weighted by Gasteiger charge is -2.61. The van der Waals surface area contributed by atoms with Gasteiger partial charge < -0.3 is 18.9 Å². The van der Waals surface area contributed by atoms with Crippen LogP contribution in [-0.4, -0.2) is 60.4 Å². The Bertz CT molecular complexity index is 1200. The van der Waals surface area contributed by atoms with Crippen LogP contribution in [0.4, 0.5) is 8.78 Å². The molecule has 8 rings (SSSR count). The molecule has 8 aliphatic carbocycles. The predicted octanol–water partition coefficient (Wildman–Crippen LogP) is 4.80. The fourth-order valence-corrected chi connectivity index (χ4v) is 10.4. The van der Waals surface area contributed by atoms with Gasteiger partial charge >= 0.3 is 27.3 Å². The maximum absolute atomic E-state index is 14.0. The van der Waals surface area contributed by atoms with Gasteiger partial charge in [-0.05, 0) is 119 Å². The highest BCUT2D eigenvalue weighted by Gasteiger charge is 2.63. The van der Waals surface area contributed by atoms with Crippen LogP contribution in [0.1, 0.15) is 84.5 Å². The summed E-state index contributed by atoms with van der Waals surface area (Å²) >= 11 is 0. The number of rotatable bonds is 10. The van der Waals surface area contributed by atoms with Gasteiger partial charge in [0.15, 0.2) is 6.29 Å². The number of hydrogen-bond acceptors (Lipinski definition) is 8. The Labute approximate surface area is 239 Å². The molecule has 8 fully saturated rings. The van der Waals surface area contributed by atoms with Crippen molar-refractivity contribution in [1.82, 2.24) is 0 Å². The van der Waals surface area contributed by atoms with Gasteiger partial charge in [0, 0.05) is 5.57 Å². The van der Waals surface area contributed by atoms with Crippen molar-refractivity contribution in [3.8, 4) is 0 Å². The van der Waals surface area contributed by atoms with Crippen LogP contribution in [0.2, 0.25) is 0 Å². The van der Waals surface area contributed by atoms with Crippen LogP contribution in [0.3, 0.4) is 0 Å². The summed E-state index contributed by atoms with van der Waals surface area (Å²) in [4.78, 5) is 24.6. The molecule has 41 heavy (non-hydrogen) atoms. The van der Waals surface area contributed by atoms with E-state index in [-0.39, 0.29) is 35.2 Å². The summed E-state index contributed by atoms with van der Waals surface area (Å²) in [5.74, 6) is -1.45. The molecule has 0 radical (unpaired) electrons. The first kappa shape index (κ1) is 29.4. The van der Waals surface area contributed by atoms with E-state index in [4.69, 9.17) is 23.5 Å². The Hall–Kier alpha value is -1.63. The fourth-order valence-electron chi connectivity index (χ4n) is 10.1. The number of halogens is 2. The number of ether oxygens (including phenoxy) is 4. The summed E-state index contributed by atoms with van der Waals surface area (Å²) in [5, 5.41) is -5.01. The Kier molecular flexibility index (Phi) is 6.96. The maximum Gasteiger partial charge on any atom is 0.465 e. The molecule has 0 spiro atoms. The van der Waals surface area contributed by atoms with E-state index in [1.165, 1.54) is 0 Å². The summed E-state index contributed by atoms with van der Waals surface area (Å²) in [6.07, 6.45) is 7.73. The standard InChI is InChI=1S/C29H40F2O9S/c1-16(2)24(32)39-28-10-19-4-20(11-28)8-26(7-19,14-28)15-37-17(3)38-23-21-5-18-6-22(23)13-27(9-18,12-21)40-25(33)29(30,31)41(34,35)36/h17-23H,1,4-15H2,2-3H3,(H,34,35,36). The number of hydrogen-bond donors (Lipinski definition) is 1. The molecule has 0 heterocycles. The van der Waals surface area contributed by atoms with Crippen molar-refractivity contribution >= 4 is 22.1 Å². The van der Waals surface area contributed by atoms with Crippen LogP contribution >= 0.6 is 0 Å². The molecule has 12 heteroatoms. The highest BCUT2D eigenvalue weighted by atomic mass is 32.2. The minimum Gasteiger partial charge on any atom is -0.456 e. The van der Waals surface area contributed by atoms with Crippen molar-refractivity contribution in [1.29, 1.82) is 0 Å². The fraction of sp³-hybridized carbons (Fsp3) is 0.862. The van der Waals surface area contributed by atoms with E-state index in [0.717, 1.165) is 51.4 Å². The van der Waals surface area contributed by atoms with Gasteiger partial charge in [-0.15, -0.1) is 0 Å². The molecule has 8 bridgehead atoms. The van der Waals surface area contributed by atoms with Gasteiger partial charge in [0.25, 0.3) is 0 Å². The van der Waals surface area contributed by atoms with E-state index in [9.17, 15) is 26.8 Å². The van der Waals surface area contributed by atoms with Crippen molar-refractivity contribution < 1.29 is 50.3 Å². The monoisotopic (exact) mass is 602 g/mol.